The molecule has 2 N–H and O–H groups in total. The van der Waals surface area contributed by atoms with Gasteiger partial charge < -0.3 is 15.2 Å². The van der Waals surface area contributed by atoms with Gasteiger partial charge in [0, 0.05) is 6.42 Å². The van der Waals surface area contributed by atoms with Gasteiger partial charge in [-0.3, -0.25) is 4.79 Å². The molecule has 4 aromatic rings. The quantitative estimate of drug-likeness (QED) is 0.210. The molecule has 5 nitrogen and oxygen atoms in total. The summed E-state index contributed by atoms with van der Waals surface area (Å²) < 4.78 is 82.5. The largest absolute Gasteiger partial charge is 0.496 e. The van der Waals surface area contributed by atoms with Crippen LogP contribution in [0, 0.1) is 0 Å². The highest BCUT2D eigenvalue weighted by Crippen LogP contribution is 2.33. The first-order valence-corrected chi connectivity index (χ1v) is 12.4. The van der Waals surface area contributed by atoms with E-state index >= 15 is 0 Å². The van der Waals surface area contributed by atoms with Gasteiger partial charge >= 0.3 is 18.3 Å². The summed E-state index contributed by atoms with van der Waals surface area (Å²) in [7, 11) is 1.32. The Labute approximate surface area is 236 Å². The number of hydrogen-bond donors (Lipinski definition) is 2. The highest BCUT2D eigenvalue weighted by Gasteiger charge is 2.31. The topological polar surface area (TPSA) is 75.6 Å². The molecular weight excluding hydrogens is 564 g/mol. The normalized spacial score (nSPS) is 12.5. The molecule has 11 heteroatoms. The van der Waals surface area contributed by atoms with Crippen LogP contribution in [0.1, 0.15) is 27.0 Å². The van der Waals surface area contributed by atoms with Crippen LogP contribution in [0.2, 0.25) is 0 Å². The Bertz CT molecular complexity index is 1560. The molecule has 0 bridgehead atoms. The van der Waals surface area contributed by atoms with Gasteiger partial charge in [0.05, 0.1) is 23.8 Å². The minimum Gasteiger partial charge on any atom is -0.496 e. The number of amides is 1. The van der Waals surface area contributed by atoms with E-state index in [-0.39, 0.29) is 17.7 Å². The van der Waals surface area contributed by atoms with Crippen molar-refractivity contribution in [3.8, 4) is 28.0 Å². The van der Waals surface area contributed by atoms with Crippen LogP contribution in [0.25, 0.3) is 22.3 Å². The number of carbonyl (C=O) groups is 2. The zero-order valence-corrected chi connectivity index (χ0v) is 21.9. The third-order valence-electron chi connectivity index (χ3n) is 6.53. The van der Waals surface area contributed by atoms with Crippen LogP contribution < -0.4 is 10.1 Å². The Morgan fingerprint density at radius 1 is 0.714 bits per heavy atom. The van der Waals surface area contributed by atoms with Crippen LogP contribution in [0.5, 0.6) is 5.75 Å². The molecule has 218 valence electrons. The molecule has 42 heavy (non-hydrogen) atoms. The third-order valence-corrected chi connectivity index (χ3v) is 6.53. The lowest BCUT2D eigenvalue weighted by Crippen LogP contribution is -2.42. The number of ether oxygens (including phenoxy) is 1. The van der Waals surface area contributed by atoms with Gasteiger partial charge in [-0.25, -0.2) is 4.79 Å². The Balaban J connectivity index is 1.51. The molecule has 1 amide bonds. The van der Waals surface area contributed by atoms with Crippen LogP contribution in [-0.2, 0) is 23.6 Å². The number of aliphatic carboxylic acids is 1. The minimum atomic E-state index is -4.50. The summed E-state index contributed by atoms with van der Waals surface area (Å²) in [6.45, 7) is 0. The van der Waals surface area contributed by atoms with Crippen molar-refractivity contribution < 1.29 is 45.8 Å². The fourth-order valence-electron chi connectivity index (χ4n) is 4.27. The van der Waals surface area contributed by atoms with Crippen molar-refractivity contribution in [2.75, 3.05) is 7.11 Å². The third kappa shape index (κ3) is 7.09. The lowest BCUT2D eigenvalue weighted by molar-refractivity contribution is -0.139. The van der Waals surface area contributed by atoms with Gasteiger partial charge in [0.2, 0.25) is 0 Å². The molecule has 1 atom stereocenters. The molecule has 0 aromatic heterocycles. The smallest absolute Gasteiger partial charge is 0.416 e. The molecule has 4 rings (SSSR count). The van der Waals surface area contributed by atoms with Crippen LogP contribution >= 0.6 is 0 Å². The van der Waals surface area contributed by atoms with Gasteiger partial charge in [0.1, 0.15) is 11.8 Å². The first kappa shape index (κ1) is 30.2. The second-order valence-electron chi connectivity index (χ2n) is 9.33. The van der Waals surface area contributed by atoms with E-state index in [1.165, 1.54) is 43.5 Å². The van der Waals surface area contributed by atoms with Crippen LogP contribution in [0.4, 0.5) is 26.3 Å². The Hall–Kier alpha value is -4.80. The van der Waals surface area contributed by atoms with Gasteiger partial charge in [-0.15, -0.1) is 0 Å². The summed E-state index contributed by atoms with van der Waals surface area (Å²) in [6, 6.07) is 18.5. The van der Waals surface area contributed by atoms with E-state index < -0.39 is 41.4 Å². The lowest BCUT2D eigenvalue weighted by atomic mass is 9.99. The Kier molecular flexibility index (Phi) is 8.60. The van der Waals surface area contributed by atoms with Gasteiger partial charge in [0.15, 0.2) is 0 Å². The van der Waals surface area contributed by atoms with E-state index in [0.717, 1.165) is 24.3 Å². The maximum Gasteiger partial charge on any atom is 0.416 e. The van der Waals surface area contributed by atoms with Crippen LogP contribution in [0.15, 0.2) is 91.0 Å². The first-order chi connectivity index (χ1) is 19.8. The Morgan fingerprint density at radius 2 is 1.14 bits per heavy atom. The van der Waals surface area contributed by atoms with Crippen molar-refractivity contribution in [1.82, 2.24) is 5.32 Å². The summed E-state index contributed by atoms with van der Waals surface area (Å²) in [5, 5.41) is 12.2. The maximum absolute atomic E-state index is 13.2. The first-order valence-electron chi connectivity index (χ1n) is 12.4. The average Bonchev–Trinajstić information content (AvgIpc) is 2.96. The fraction of sp³-hybridized carbons (Fsp3) is 0.161. The maximum atomic E-state index is 13.2. The van der Waals surface area contributed by atoms with Gasteiger partial charge in [-0.1, -0.05) is 54.6 Å². The number of hydrogen-bond acceptors (Lipinski definition) is 3. The van der Waals surface area contributed by atoms with Gasteiger partial charge in [-0.05, 0) is 64.2 Å². The lowest BCUT2D eigenvalue weighted by Gasteiger charge is -2.17. The number of carboxylic acid groups (broad SMARTS) is 1. The van der Waals surface area contributed by atoms with Crippen LogP contribution in [0.3, 0.4) is 0 Å². The summed E-state index contributed by atoms with van der Waals surface area (Å²) in [4.78, 5) is 25.2. The zero-order chi connectivity index (χ0) is 30.7. The molecule has 0 aliphatic carbocycles. The van der Waals surface area contributed by atoms with E-state index in [9.17, 15) is 41.0 Å². The van der Waals surface area contributed by atoms with Gasteiger partial charge in [0.25, 0.3) is 5.91 Å². The molecular formula is C31H23F6NO4. The van der Waals surface area contributed by atoms with E-state index in [0.29, 0.717) is 27.8 Å². The monoisotopic (exact) mass is 587 g/mol. The summed E-state index contributed by atoms with van der Waals surface area (Å²) in [6.07, 6.45) is -9.06. The SMILES string of the molecule is COc1ccc(-c2ccc(C(F)(F)F)cc2)cc1C(=O)N[C@H](Cc1ccc(-c2ccc(C(F)(F)F)cc2)cc1)C(=O)O. The summed E-state index contributed by atoms with van der Waals surface area (Å²) >= 11 is 0. The van der Waals surface area contributed by atoms with Crippen molar-refractivity contribution in [2.24, 2.45) is 0 Å². The highest BCUT2D eigenvalue weighted by molar-refractivity contribution is 6.00. The summed E-state index contributed by atoms with van der Waals surface area (Å²) in [5.41, 5.74) is 0.912. The molecule has 0 spiro atoms. The van der Waals surface area contributed by atoms with Crippen molar-refractivity contribution in [3.05, 3.63) is 113 Å². The minimum absolute atomic E-state index is 0.0150. The van der Waals surface area contributed by atoms with Crippen molar-refractivity contribution in [3.63, 3.8) is 0 Å². The molecule has 0 unspecified atom stereocenters. The number of rotatable bonds is 8. The molecule has 0 saturated carbocycles. The standard InChI is InChI=1S/C31H23F6NO4/c1-42-27-15-10-22(21-8-13-24(14-9-21)31(35,36)37)17-25(27)28(39)38-26(29(40)41)16-18-2-4-19(5-3-18)20-6-11-23(12-7-20)30(32,33)34/h2-15,17,26H,16H2,1H3,(H,38,39)(H,40,41)/t26-/m1/s1. The van der Waals surface area contributed by atoms with E-state index in [2.05, 4.69) is 5.32 Å². The molecule has 0 saturated heterocycles. The highest BCUT2D eigenvalue weighted by atomic mass is 19.4. The van der Waals surface area contributed by atoms with E-state index in [1.54, 1.807) is 30.3 Å². The number of benzene rings is 4. The number of carboxylic acids is 1. The molecule has 0 fully saturated rings. The predicted octanol–water partition coefficient (Wildman–Crippen LogP) is 7.49. The van der Waals surface area contributed by atoms with Crippen molar-refractivity contribution >= 4 is 11.9 Å². The van der Waals surface area contributed by atoms with E-state index in [1.807, 2.05) is 0 Å². The predicted molar refractivity (Wildman–Crippen MR) is 143 cm³/mol. The Morgan fingerprint density at radius 3 is 1.57 bits per heavy atom. The average molecular weight is 588 g/mol. The number of alkyl halides is 6. The molecule has 0 aliphatic rings. The van der Waals surface area contributed by atoms with Crippen molar-refractivity contribution in [2.45, 2.75) is 24.8 Å². The van der Waals surface area contributed by atoms with Crippen molar-refractivity contribution in [1.29, 1.82) is 0 Å². The van der Waals surface area contributed by atoms with Crippen LogP contribution in [-0.4, -0.2) is 30.1 Å². The second kappa shape index (κ2) is 12.0. The van der Waals surface area contributed by atoms with Gasteiger partial charge in [-0.2, -0.15) is 26.3 Å². The summed E-state index contributed by atoms with van der Waals surface area (Å²) in [5.74, 6) is -1.95. The molecule has 4 aromatic carbocycles. The second-order valence-corrected chi connectivity index (χ2v) is 9.33. The molecule has 0 aliphatic heterocycles. The number of methoxy groups -OCH3 is 1. The number of carbonyl (C=O) groups excluding carboxylic acids is 1. The number of halogens is 6. The molecule has 0 heterocycles. The fourth-order valence-corrected chi connectivity index (χ4v) is 4.27. The number of nitrogens with one attached hydrogen (secondary N) is 1. The zero-order valence-electron chi connectivity index (χ0n) is 21.9. The molecule has 0 radical (unpaired) electrons. The van der Waals surface area contributed by atoms with E-state index in [4.69, 9.17) is 4.74 Å².